The van der Waals surface area contributed by atoms with Crippen molar-refractivity contribution in [1.82, 2.24) is 5.43 Å². The van der Waals surface area contributed by atoms with Crippen LogP contribution in [0.15, 0.2) is 23.3 Å². The van der Waals surface area contributed by atoms with Crippen molar-refractivity contribution in [2.24, 2.45) is 5.10 Å². The van der Waals surface area contributed by atoms with Crippen molar-refractivity contribution in [3.05, 3.63) is 23.8 Å². The molecule has 4 heteroatoms. The zero-order chi connectivity index (χ0) is 9.68. The third-order valence-corrected chi connectivity index (χ3v) is 1.59. The van der Waals surface area contributed by atoms with Gasteiger partial charge in [-0.05, 0) is 12.1 Å². The summed E-state index contributed by atoms with van der Waals surface area (Å²) in [7, 11) is 3.23. The van der Waals surface area contributed by atoms with Crippen molar-refractivity contribution in [3.63, 3.8) is 0 Å². The number of phenolic OH excluding ortho intramolecular Hbond substituents is 1. The van der Waals surface area contributed by atoms with E-state index in [0.717, 1.165) is 0 Å². The van der Waals surface area contributed by atoms with Gasteiger partial charge in [0, 0.05) is 7.05 Å². The van der Waals surface area contributed by atoms with E-state index in [2.05, 4.69) is 10.5 Å². The van der Waals surface area contributed by atoms with Crippen LogP contribution in [0.2, 0.25) is 0 Å². The zero-order valence-electron chi connectivity index (χ0n) is 7.61. The van der Waals surface area contributed by atoms with Crippen LogP contribution in [-0.2, 0) is 0 Å². The molecule has 4 nitrogen and oxygen atoms in total. The predicted molar refractivity (Wildman–Crippen MR) is 51.3 cm³/mol. The average Bonchev–Trinajstić information content (AvgIpc) is 2.15. The molecule has 0 aliphatic heterocycles. The van der Waals surface area contributed by atoms with Gasteiger partial charge >= 0.3 is 0 Å². The van der Waals surface area contributed by atoms with Crippen LogP contribution in [0, 0.1) is 0 Å². The molecule has 0 spiro atoms. The largest absolute Gasteiger partial charge is 0.507 e. The summed E-state index contributed by atoms with van der Waals surface area (Å²) in [6.45, 7) is 0. The maximum atomic E-state index is 9.45. The minimum absolute atomic E-state index is 0.151. The fourth-order valence-corrected chi connectivity index (χ4v) is 0.969. The van der Waals surface area contributed by atoms with Crippen LogP contribution in [0.5, 0.6) is 11.5 Å². The maximum Gasteiger partial charge on any atom is 0.131 e. The number of rotatable bonds is 3. The van der Waals surface area contributed by atoms with E-state index >= 15 is 0 Å². The van der Waals surface area contributed by atoms with Crippen molar-refractivity contribution in [1.29, 1.82) is 0 Å². The number of benzene rings is 1. The maximum absolute atomic E-state index is 9.45. The van der Waals surface area contributed by atoms with E-state index in [-0.39, 0.29) is 5.75 Å². The summed E-state index contributed by atoms with van der Waals surface area (Å²) in [4.78, 5) is 0. The smallest absolute Gasteiger partial charge is 0.131 e. The lowest BCUT2D eigenvalue weighted by molar-refractivity contribution is 0.406. The first-order valence-electron chi connectivity index (χ1n) is 3.85. The zero-order valence-corrected chi connectivity index (χ0v) is 7.61. The van der Waals surface area contributed by atoms with Gasteiger partial charge < -0.3 is 15.3 Å². The highest BCUT2D eigenvalue weighted by Gasteiger charge is 2.04. The summed E-state index contributed by atoms with van der Waals surface area (Å²) in [5, 5.41) is 13.2. The number of phenols is 1. The number of nitrogens with one attached hydrogen (secondary N) is 1. The summed E-state index contributed by atoms with van der Waals surface area (Å²) in [6, 6.07) is 5.06. The van der Waals surface area contributed by atoms with Gasteiger partial charge in [0.05, 0.1) is 18.9 Å². The van der Waals surface area contributed by atoms with Crippen molar-refractivity contribution in [2.75, 3.05) is 14.2 Å². The molecule has 1 aromatic carbocycles. The van der Waals surface area contributed by atoms with Gasteiger partial charge in [0.2, 0.25) is 0 Å². The molecule has 0 amide bonds. The van der Waals surface area contributed by atoms with E-state index in [4.69, 9.17) is 4.74 Å². The molecule has 0 atom stereocenters. The van der Waals surface area contributed by atoms with Crippen LogP contribution in [0.1, 0.15) is 5.56 Å². The third-order valence-electron chi connectivity index (χ3n) is 1.59. The molecule has 0 aliphatic rings. The number of hydrogen-bond acceptors (Lipinski definition) is 4. The Morgan fingerprint density at radius 3 is 2.92 bits per heavy atom. The average molecular weight is 180 g/mol. The Morgan fingerprint density at radius 1 is 1.54 bits per heavy atom. The molecular weight excluding hydrogens is 168 g/mol. The van der Waals surface area contributed by atoms with Gasteiger partial charge in [-0.25, -0.2) is 0 Å². The molecule has 0 radical (unpaired) electrons. The lowest BCUT2D eigenvalue weighted by Gasteiger charge is -2.05. The highest BCUT2D eigenvalue weighted by molar-refractivity contribution is 5.87. The molecule has 0 unspecified atom stereocenters. The van der Waals surface area contributed by atoms with Crippen LogP contribution >= 0.6 is 0 Å². The summed E-state index contributed by atoms with van der Waals surface area (Å²) in [6.07, 6.45) is 1.51. The Balaban J connectivity index is 3.07. The Labute approximate surface area is 76.8 Å². The van der Waals surface area contributed by atoms with Crippen molar-refractivity contribution in [3.8, 4) is 11.5 Å². The molecule has 0 heterocycles. The topological polar surface area (TPSA) is 53.9 Å². The van der Waals surface area contributed by atoms with Crippen molar-refractivity contribution >= 4 is 6.21 Å². The molecule has 1 aromatic rings. The summed E-state index contributed by atoms with van der Waals surface area (Å²) in [5.74, 6) is 0.748. The first kappa shape index (κ1) is 9.38. The van der Waals surface area contributed by atoms with Crippen LogP contribution in [-0.4, -0.2) is 25.5 Å². The molecule has 70 valence electrons. The van der Waals surface area contributed by atoms with Gasteiger partial charge in [0.25, 0.3) is 0 Å². The van der Waals surface area contributed by atoms with Crippen LogP contribution in [0.3, 0.4) is 0 Å². The Kier molecular flexibility index (Phi) is 3.14. The molecule has 0 saturated heterocycles. The molecule has 13 heavy (non-hydrogen) atoms. The quantitative estimate of drug-likeness (QED) is 0.538. The van der Waals surface area contributed by atoms with E-state index in [9.17, 15) is 5.11 Å². The van der Waals surface area contributed by atoms with E-state index < -0.39 is 0 Å². The van der Waals surface area contributed by atoms with Crippen molar-refractivity contribution in [2.45, 2.75) is 0 Å². The van der Waals surface area contributed by atoms with Crippen LogP contribution in [0.25, 0.3) is 0 Å². The normalized spacial score (nSPS) is 10.3. The number of ether oxygens (including phenoxy) is 1. The Bertz CT molecular complexity index is 310. The molecule has 0 fully saturated rings. The fourth-order valence-electron chi connectivity index (χ4n) is 0.969. The number of hydrogen-bond donors (Lipinski definition) is 2. The SMILES string of the molecule is CN/N=C/c1c(O)cccc1OC. The van der Waals surface area contributed by atoms with E-state index in [1.807, 2.05) is 0 Å². The molecule has 0 saturated carbocycles. The minimum atomic E-state index is 0.151. The van der Waals surface area contributed by atoms with Crippen LogP contribution in [0.4, 0.5) is 0 Å². The highest BCUT2D eigenvalue weighted by atomic mass is 16.5. The number of hydrazone groups is 1. The van der Waals surface area contributed by atoms with Gasteiger partial charge in [-0.15, -0.1) is 0 Å². The lowest BCUT2D eigenvalue weighted by atomic mass is 10.2. The predicted octanol–water partition coefficient (Wildman–Crippen LogP) is 0.954. The molecule has 0 bridgehead atoms. The third kappa shape index (κ3) is 2.11. The second-order valence-corrected chi connectivity index (χ2v) is 2.37. The summed E-state index contributed by atoms with van der Waals surface area (Å²) in [5.41, 5.74) is 3.17. The first-order chi connectivity index (χ1) is 6.29. The highest BCUT2D eigenvalue weighted by Crippen LogP contribution is 2.24. The fraction of sp³-hybridized carbons (Fsp3) is 0.222. The number of aromatic hydroxyl groups is 1. The molecular formula is C9H12N2O2. The van der Waals surface area contributed by atoms with E-state index in [1.165, 1.54) is 6.21 Å². The van der Waals surface area contributed by atoms with Gasteiger partial charge in [-0.3, -0.25) is 0 Å². The Hall–Kier alpha value is -1.71. The molecule has 1 rings (SSSR count). The van der Waals surface area contributed by atoms with Crippen molar-refractivity contribution < 1.29 is 9.84 Å². The standard InChI is InChI=1S/C9H12N2O2/c1-10-11-6-7-8(12)4-3-5-9(7)13-2/h3-6,10,12H,1-2H3/b11-6+. The van der Waals surface area contributed by atoms with Gasteiger partial charge in [0.15, 0.2) is 0 Å². The van der Waals surface area contributed by atoms with Gasteiger partial charge in [-0.2, -0.15) is 5.10 Å². The van der Waals surface area contributed by atoms with E-state index in [1.54, 1.807) is 32.4 Å². The lowest BCUT2D eigenvalue weighted by Crippen LogP contribution is -1.97. The first-order valence-corrected chi connectivity index (χ1v) is 3.85. The number of nitrogens with zero attached hydrogens (tertiary/aromatic N) is 1. The molecule has 0 aliphatic carbocycles. The van der Waals surface area contributed by atoms with E-state index in [0.29, 0.717) is 11.3 Å². The summed E-state index contributed by atoms with van der Waals surface area (Å²) >= 11 is 0. The van der Waals surface area contributed by atoms with Gasteiger partial charge in [0.1, 0.15) is 11.5 Å². The molecule has 2 N–H and O–H groups in total. The second kappa shape index (κ2) is 4.35. The van der Waals surface area contributed by atoms with Gasteiger partial charge in [-0.1, -0.05) is 6.07 Å². The monoisotopic (exact) mass is 180 g/mol. The summed E-state index contributed by atoms with van der Waals surface area (Å²) < 4.78 is 5.04. The number of methoxy groups -OCH3 is 1. The van der Waals surface area contributed by atoms with Crippen LogP contribution < -0.4 is 10.2 Å². The Morgan fingerprint density at radius 2 is 2.31 bits per heavy atom. The molecule has 0 aromatic heterocycles. The second-order valence-electron chi connectivity index (χ2n) is 2.37. The minimum Gasteiger partial charge on any atom is -0.507 e.